The predicted molar refractivity (Wildman–Crippen MR) is 102 cm³/mol. The van der Waals surface area contributed by atoms with Gasteiger partial charge in [0.15, 0.2) is 0 Å². The van der Waals surface area contributed by atoms with Crippen molar-refractivity contribution in [3.8, 4) is 0 Å². The molecule has 4 nitrogen and oxygen atoms in total. The Bertz CT molecular complexity index is 503. The monoisotopic (exact) mass is 357 g/mol. The van der Waals surface area contributed by atoms with Crippen molar-refractivity contribution in [2.45, 2.75) is 82.8 Å². The molecule has 140 valence electrons. The van der Waals surface area contributed by atoms with E-state index in [2.05, 4.69) is 6.92 Å². The lowest BCUT2D eigenvalue weighted by Gasteiger charge is -2.14. The molecule has 0 fully saturated rings. The SMILES string of the molecule is CCCCCCCCCCCCC(c1ccccc1)S(=O)(=O)O.N. The molecule has 0 bridgehead atoms. The fraction of sp³-hybridized carbons (Fsp3) is 0.684. The van der Waals surface area contributed by atoms with Gasteiger partial charge in [-0.2, -0.15) is 8.42 Å². The van der Waals surface area contributed by atoms with E-state index in [-0.39, 0.29) is 6.15 Å². The Kier molecular flexibility index (Phi) is 12.9. The van der Waals surface area contributed by atoms with E-state index < -0.39 is 15.4 Å². The normalized spacial score (nSPS) is 12.6. The van der Waals surface area contributed by atoms with Crippen LogP contribution in [0.1, 0.15) is 88.4 Å². The topological polar surface area (TPSA) is 89.4 Å². The summed E-state index contributed by atoms with van der Waals surface area (Å²) in [4.78, 5) is 0. The van der Waals surface area contributed by atoms with E-state index in [1.54, 1.807) is 12.1 Å². The summed E-state index contributed by atoms with van der Waals surface area (Å²) in [5.41, 5.74) is 0.686. The molecule has 0 heterocycles. The van der Waals surface area contributed by atoms with Crippen LogP contribution in [0.3, 0.4) is 0 Å². The zero-order valence-electron chi connectivity index (χ0n) is 15.1. The van der Waals surface area contributed by atoms with Crippen molar-refractivity contribution >= 4 is 10.1 Å². The molecule has 1 atom stereocenters. The molecule has 1 aromatic rings. The van der Waals surface area contributed by atoms with Crippen LogP contribution in [0.15, 0.2) is 30.3 Å². The van der Waals surface area contributed by atoms with E-state index in [1.807, 2.05) is 18.2 Å². The van der Waals surface area contributed by atoms with Crippen molar-refractivity contribution in [2.75, 3.05) is 0 Å². The minimum atomic E-state index is -4.03. The van der Waals surface area contributed by atoms with Gasteiger partial charge in [0.05, 0.1) is 0 Å². The number of unbranched alkanes of at least 4 members (excludes halogenated alkanes) is 9. The van der Waals surface area contributed by atoms with Crippen LogP contribution in [-0.2, 0) is 10.1 Å². The van der Waals surface area contributed by atoms with Gasteiger partial charge in [-0.3, -0.25) is 4.55 Å². The summed E-state index contributed by atoms with van der Waals surface area (Å²) in [5.74, 6) is 0. The molecular formula is C19H35NO3S. The molecule has 0 aromatic heterocycles. The van der Waals surface area contributed by atoms with Gasteiger partial charge in [-0.25, -0.2) is 0 Å². The average Bonchev–Trinajstić information content (AvgIpc) is 2.52. The molecule has 24 heavy (non-hydrogen) atoms. The van der Waals surface area contributed by atoms with Gasteiger partial charge in [-0.1, -0.05) is 101 Å². The minimum Gasteiger partial charge on any atom is -0.344 e. The molecular weight excluding hydrogens is 322 g/mol. The molecule has 0 spiro atoms. The second-order valence-corrected chi connectivity index (χ2v) is 7.98. The lowest BCUT2D eigenvalue weighted by Crippen LogP contribution is -2.12. The van der Waals surface area contributed by atoms with Crippen LogP contribution in [0.4, 0.5) is 0 Å². The second-order valence-electron chi connectivity index (χ2n) is 6.38. The first-order valence-electron chi connectivity index (χ1n) is 9.07. The third-order valence-electron chi connectivity index (χ3n) is 4.35. The highest BCUT2D eigenvalue weighted by molar-refractivity contribution is 7.86. The minimum absolute atomic E-state index is 0. The maximum absolute atomic E-state index is 11.6. The van der Waals surface area contributed by atoms with Crippen molar-refractivity contribution in [3.63, 3.8) is 0 Å². The zero-order chi connectivity index (χ0) is 17.0. The van der Waals surface area contributed by atoms with E-state index >= 15 is 0 Å². The molecule has 0 saturated heterocycles. The largest absolute Gasteiger partial charge is 0.344 e. The summed E-state index contributed by atoms with van der Waals surface area (Å²) in [6, 6.07) is 9.02. The number of rotatable bonds is 13. The van der Waals surface area contributed by atoms with Crippen molar-refractivity contribution in [1.82, 2.24) is 6.15 Å². The van der Waals surface area contributed by atoms with Crippen LogP contribution in [0.25, 0.3) is 0 Å². The standard InChI is InChI=1S/C19H32O3S.H3N/c1-2-3-4-5-6-7-8-9-10-14-17-19(23(20,21)22)18-15-12-11-13-16-18;/h11-13,15-16,19H,2-10,14,17H2,1H3,(H,20,21,22);1H3. The number of hydrogen-bond acceptors (Lipinski definition) is 3. The molecule has 0 aliphatic heterocycles. The van der Waals surface area contributed by atoms with Gasteiger partial charge >= 0.3 is 0 Å². The number of hydrogen-bond donors (Lipinski definition) is 2. The molecule has 0 saturated carbocycles. The van der Waals surface area contributed by atoms with Crippen molar-refractivity contribution in [2.24, 2.45) is 0 Å². The molecule has 0 amide bonds. The Hall–Kier alpha value is -0.910. The fourth-order valence-corrected chi connectivity index (χ4v) is 3.94. The van der Waals surface area contributed by atoms with Gasteiger partial charge in [0.2, 0.25) is 0 Å². The van der Waals surface area contributed by atoms with Crippen LogP contribution in [0, 0.1) is 0 Å². The Balaban J connectivity index is 0.00000529. The Labute approximate surface area is 148 Å². The third-order valence-corrected chi connectivity index (χ3v) is 5.58. The van der Waals surface area contributed by atoms with E-state index in [0.29, 0.717) is 12.0 Å². The Morgan fingerprint density at radius 2 is 1.29 bits per heavy atom. The van der Waals surface area contributed by atoms with E-state index in [4.69, 9.17) is 0 Å². The fourth-order valence-electron chi connectivity index (χ4n) is 2.97. The van der Waals surface area contributed by atoms with Gasteiger partial charge in [0.1, 0.15) is 5.25 Å². The van der Waals surface area contributed by atoms with Crippen LogP contribution in [0.2, 0.25) is 0 Å². The summed E-state index contributed by atoms with van der Waals surface area (Å²) in [6.07, 6.45) is 12.7. The van der Waals surface area contributed by atoms with E-state index in [9.17, 15) is 13.0 Å². The van der Waals surface area contributed by atoms with Crippen molar-refractivity contribution in [1.29, 1.82) is 0 Å². The lowest BCUT2D eigenvalue weighted by molar-refractivity contribution is 0.458. The molecule has 0 aliphatic rings. The summed E-state index contributed by atoms with van der Waals surface area (Å²) in [5, 5.41) is -0.780. The highest BCUT2D eigenvalue weighted by atomic mass is 32.2. The summed E-state index contributed by atoms with van der Waals surface area (Å²) < 4.78 is 32.6. The van der Waals surface area contributed by atoms with Crippen LogP contribution in [0.5, 0.6) is 0 Å². The first-order valence-corrected chi connectivity index (χ1v) is 10.6. The predicted octanol–water partition coefficient (Wildman–Crippen LogP) is 6.09. The molecule has 4 N–H and O–H groups in total. The van der Waals surface area contributed by atoms with Crippen molar-refractivity contribution in [3.05, 3.63) is 35.9 Å². The lowest BCUT2D eigenvalue weighted by atomic mass is 10.0. The molecule has 0 aliphatic carbocycles. The highest BCUT2D eigenvalue weighted by Crippen LogP contribution is 2.27. The second kappa shape index (κ2) is 13.4. The zero-order valence-corrected chi connectivity index (χ0v) is 15.9. The Morgan fingerprint density at radius 1 is 0.833 bits per heavy atom. The first-order chi connectivity index (χ1) is 11.1. The maximum atomic E-state index is 11.6. The smallest absolute Gasteiger partial charge is 0.271 e. The first kappa shape index (κ1) is 23.1. The van der Waals surface area contributed by atoms with Crippen molar-refractivity contribution < 1.29 is 13.0 Å². The summed E-state index contributed by atoms with van der Waals surface area (Å²) >= 11 is 0. The van der Waals surface area contributed by atoms with Gasteiger partial charge in [0.25, 0.3) is 10.1 Å². The quantitative estimate of drug-likeness (QED) is 0.330. The van der Waals surface area contributed by atoms with E-state index in [0.717, 1.165) is 19.3 Å². The Morgan fingerprint density at radius 3 is 1.75 bits per heavy atom. The summed E-state index contributed by atoms with van der Waals surface area (Å²) in [7, 11) is -4.03. The summed E-state index contributed by atoms with van der Waals surface area (Å²) in [6.45, 7) is 2.23. The molecule has 1 aromatic carbocycles. The molecule has 1 rings (SSSR count). The van der Waals surface area contributed by atoms with Gasteiger partial charge in [-0.15, -0.1) is 0 Å². The van der Waals surface area contributed by atoms with Crippen LogP contribution >= 0.6 is 0 Å². The van der Waals surface area contributed by atoms with Crippen LogP contribution in [-0.4, -0.2) is 13.0 Å². The molecule has 5 heteroatoms. The molecule has 0 radical (unpaired) electrons. The highest BCUT2D eigenvalue weighted by Gasteiger charge is 2.24. The molecule has 1 unspecified atom stereocenters. The van der Waals surface area contributed by atoms with E-state index in [1.165, 1.54) is 44.9 Å². The number of benzene rings is 1. The average molecular weight is 358 g/mol. The van der Waals surface area contributed by atoms with Crippen LogP contribution < -0.4 is 6.15 Å². The maximum Gasteiger partial charge on any atom is 0.271 e. The van der Waals surface area contributed by atoms with Gasteiger partial charge in [-0.05, 0) is 12.0 Å². The third kappa shape index (κ3) is 10.1. The van der Waals surface area contributed by atoms with Gasteiger partial charge < -0.3 is 6.15 Å². The van der Waals surface area contributed by atoms with Gasteiger partial charge in [0, 0.05) is 0 Å².